The molecule has 1 saturated heterocycles. The van der Waals surface area contributed by atoms with Gasteiger partial charge in [0, 0.05) is 32.1 Å². The van der Waals surface area contributed by atoms with Crippen molar-refractivity contribution in [3.8, 4) is 0 Å². The first kappa shape index (κ1) is 18.1. The van der Waals surface area contributed by atoms with Crippen molar-refractivity contribution >= 4 is 23.3 Å². The second-order valence-electron chi connectivity index (χ2n) is 7.28. The van der Waals surface area contributed by atoms with Crippen LogP contribution < -0.4 is 0 Å². The van der Waals surface area contributed by atoms with Crippen LogP contribution in [0, 0.1) is 5.92 Å². The predicted molar refractivity (Wildman–Crippen MR) is 104 cm³/mol. The highest BCUT2D eigenvalue weighted by molar-refractivity contribution is 7.08. The first-order valence-electron chi connectivity index (χ1n) is 9.63. The van der Waals surface area contributed by atoms with E-state index in [4.69, 9.17) is 0 Å². The molecule has 2 amide bonds. The van der Waals surface area contributed by atoms with E-state index in [9.17, 15) is 9.59 Å². The zero-order valence-electron chi connectivity index (χ0n) is 15.5. The number of carbonyl (C=O) groups excluding carboxylic acids is 2. The smallest absolute Gasteiger partial charge is 0.267 e. The quantitative estimate of drug-likeness (QED) is 0.795. The molecule has 2 aliphatic rings. The minimum absolute atomic E-state index is 0.00846. The fourth-order valence-electron chi connectivity index (χ4n) is 3.82. The second-order valence-corrected chi connectivity index (χ2v) is 8.03. The van der Waals surface area contributed by atoms with Crippen LogP contribution in [-0.4, -0.2) is 57.4 Å². The van der Waals surface area contributed by atoms with Crippen LogP contribution >= 0.6 is 11.5 Å². The Labute approximate surface area is 163 Å². The molecule has 1 aromatic carbocycles. The summed E-state index contributed by atoms with van der Waals surface area (Å²) >= 11 is 1.18. The first-order valence-corrected chi connectivity index (χ1v) is 10.4. The number of nitrogens with zero attached hydrogens (tertiary/aromatic N) is 4. The molecule has 6 nitrogen and oxygen atoms in total. The van der Waals surface area contributed by atoms with E-state index in [2.05, 4.69) is 28.6 Å². The fraction of sp³-hybridized carbons (Fsp3) is 0.500. The van der Waals surface area contributed by atoms with Gasteiger partial charge in [-0.3, -0.25) is 9.59 Å². The molecule has 0 spiro atoms. The first-order chi connectivity index (χ1) is 13.2. The molecule has 27 heavy (non-hydrogen) atoms. The maximum absolute atomic E-state index is 12.8. The summed E-state index contributed by atoms with van der Waals surface area (Å²) in [5.74, 6) is 0.714. The van der Waals surface area contributed by atoms with Crippen LogP contribution in [0.4, 0.5) is 0 Å². The van der Waals surface area contributed by atoms with Gasteiger partial charge in [-0.15, -0.1) is 5.10 Å². The highest BCUT2D eigenvalue weighted by atomic mass is 32.1. The summed E-state index contributed by atoms with van der Waals surface area (Å²) in [6, 6.07) is 10.3. The van der Waals surface area contributed by atoms with Gasteiger partial charge in [0.05, 0.1) is 5.69 Å². The SMILES string of the molecule is CCCc1nnsc1C(=O)N1CCN(C(=O)[C@H]2C[C@H]2c2ccccc2)CC1. The van der Waals surface area contributed by atoms with Crippen LogP contribution in [-0.2, 0) is 11.2 Å². The molecule has 2 fully saturated rings. The van der Waals surface area contributed by atoms with Crippen LogP contribution in [0.1, 0.15) is 46.6 Å². The summed E-state index contributed by atoms with van der Waals surface area (Å²) in [5.41, 5.74) is 2.06. The van der Waals surface area contributed by atoms with E-state index in [1.165, 1.54) is 17.1 Å². The number of piperazine rings is 1. The Hall–Kier alpha value is -2.28. The summed E-state index contributed by atoms with van der Waals surface area (Å²) in [6.45, 7) is 4.45. The molecule has 1 aliphatic heterocycles. The average Bonchev–Trinajstić information content (AvgIpc) is 3.39. The topological polar surface area (TPSA) is 66.4 Å². The lowest BCUT2D eigenvalue weighted by Gasteiger charge is -2.34. The number of rotatable bonds is 5. The van der Waals surface area contributed by atoms with E-state index in [0.717, 1.165) is 25.0 Å². The van der Waals surface area contributed by atoms with Crippen LogP contribution in [0.2, 0.25) is 0 Å². The predicted octanol–water partition coefficient (Wildman–Crippen LogP) is 2.58. The van der Waals surface area contributed by atoms with Crippen LogP contribution in [0.3, 0.4) is 0 Å². The minimum atomic E-state index is 0.00846. The molecule has 7 heteroatoms. The summed E-state index contributed by atoms with van der Waals surface area (Å²) in [5, 5.41) is 4.09. The Morgan fingerprint density at radius 3 is 2.52 bits per heavy atom. The van der Waals surface area contributed by atoms with Gasteiger partial charge < -0.3 is 9.80 Å². The molecule has 142 valence electrons. The third-order valence-electron chi connectivity index (χ3n) is 5.45. The van der Waals surface area contributed by atoms with Crippen molar-refractivity contribution < 1.29 is 9.59 Å². The van der Waals surface area contributed by atoms with Crippen LogP contribution in [0.15, 0.2) is 30.3 Å². The molecule has 2 heterocycles. The monoisotopic (exact) mass is 384 g/mol. The Kier molecular flexibility index (Phi) is 5.20. The largest absolute Gasteiger partial charge is 0.339 e. The number of aromatic nitrogens is 2. The minimum Gasteiger partial charge on any atom is -0.339 e. The Balaban J connectivity index is 1.32. The molecule has 1 saturated carbocycles. The van der Waals surface area contributed by atoms with Crippen molar-refractivity contribution in [1.29, 1.82) is 0 Å². The molecule has 0 N–H and O–H groups in total. The van der Waals surface area contributed by atoms with Crippen molar-refractivity contribution in [3.63, 3.8) is 0 Å². The third-order valence-corrected chi connectivity index (χ3v) is 6.21. The van der Waals surface area contributed by atoms with Gasteiger partial charge in [0.1, 0.15) is 4.88 Å². The molecular weight excluding hydrogens is 360 g/mol. The van der Waals surface area contributed by atoms with E-state index in [-0.39, 0.29) is 17.7 Å². The number of hydrogen-bond acceptors (Lipinski definition) is 5. The van der Waals surface area contributed by atoms with Crippen molar-refractivity contribution in [1.82, 2.24) is 19.4 Å². The van der Waals surface area contributed by atoms with Crippen molar-refractivity contribution in [2.45, 2.75) is 32.1 Å². The number of carbonyl (C=O) groups is 2. The number of benzene rings is 1. The maximum Gasteiger partial charge on any atom is 0.267 e. The summed E-state index contributed by atoms with van der Waals surface area (Å²) in [7, 11) is 0. The third kappa shape index (κ3) is 3.74. The molecule has 0 unspecified atom stereocenters. The van der Waals surface area contributed by atoms with E-state index >= 15 is 0 Å². The van der Waals surface area contributed by atoms with Crippen molar-refractivity contribution in [2.75, 3.05) is 26.2 Å². The van der Waals surface area contributed by atoms with E-state index in [0.29, 0.717) is 37.0 Å². The standard InChI is InChI=1S/C20H24N4O2S/c1-2-6-17-18(27-22-21-17)20(26)24-11-9-23(10-12-24)19(25)16-13-15(16)14-7-4-3-5-8-14/h3-5,7-8,15-16H,2,6,9-13H2,1H3/t15-,16-/m0/s1. The lowest BCUT2D eigenvalue weighted by molar-refractivity contribution is -0.134. The Bertz CT molecular complexity index is 814. The Morgan fingerprint density at radius 1 is 1.11 bits per heavy atom. The molecule has 0 bridgehead atoms. The van der Waals surface area contributed by atoms with Gasteiger partial charge in [-0.05, 0) is 35.9 Å². The van der Waals surface area contributed by atoms with Crippen LogP contribution in [0.5, 0.6) is 0 Å². The van der Waals surface area contributed by atoms with Gasteiger partial charge in [-0.25, -0.2) is 0 Å². The normalized spacial score (nSPS) is 22.0. The zero-order valence-corrected chi connectivity index (χ0v) is 16.3. The maximum atomic E-state index is 12.8. The second kappa shape index (κ2) is 7.76. The lowest BCUT2D eigenvalue weighted by atomic mass is 10.1. The van der Waals surface area contributed by atoms with Gasteiger partial charge in [0.15, 0.2) is 0 Å². The lowest BCUT2D eigenvalue weighted by Crippen LogP contribution is -2.51. The summed E-state index contributed by atoms with van der Waals surface area (Å²) in [4.78, 5) is 30.0. The molecule has 1 aromatic heterocycles. The van der Waals surface area contributed by atoms with Crippen molar-refractivity contribution in [2.24, 2.45) is 5.92 Å². The fourth-order valence-corrected chi connectivity index (χ4v) is 4.49. The molecular formula is C20H24N4O2S. The van der Waals surface area contributed by atoms with Gasteiger partial charge in [0.2, 0.25) is 5.91 Å². The molecule has 2 atom stereocenters. The molecule has 2 aromatic rings. The molecule has 0 radical (unpaired) electrons. The highest BCUT2D eigenvalue weighted by Crippen LogP contribution is 2.48. The zero-order chi connectivity index (χ0) is 18.8. The summed E-state index contributed by atoms with van der Waals surface area (Å²) < 4.78 is 3.95. The average molecular weight is 385 g/mol. The Morgan fingerprint density at radius 2 is 1.81 bits per heavy atom. The van der Waals surface area contributed by atoms with Gasteiger partial charge >= 0.3 is 0 Å². The molecule has 4 rings (SSSR count). The summed E-state index contributed by atoms with van der Waals surface area (Å²) in [6.07, 6.45) is 2.66. The number of amides is 2. The van der Waals surface area contributed by atoms with Crippen molar-refractivity contribution in [3.05, 3.63) is 46.5 Å². The molecule has 1 aliphatic carbocycles. The van der Waals surface area contributed by atoms with E-state index < -0.39 is 0 Å². The highest BCUT2D eigenvalue weighted by Gasteiger charge is 2.46. The van der Waals surface area contributed by atoms with E-state index in [1.807, 2.05) is 28.0 Å². The van der Waals surface area contributed by atoms with Gasteiger partial charge in [-0.1, -0.05) is 48.2 Å². The number of hydrogen-bond donors (Lipinski definition) is 0. The van der Waals surface area contributed by atoms with Gasteiger partial charge in [0.25, 0.3) is 5.91 Å². The van der Waals surface area contributed by atoms with Crippen LogP contribution in [0.25, 0.3) is 0 Å². The number of aryl methyl sites for hydroxylation is 1. The van der Waals surface area contributed by atoms with E-state index in [1.54, 1.807) is 0 Å². The van der Waals surface area contributed by atoms with Gasteiger partial charge in [-0.2, -0.15) is 0 Å².